The summed E-state index contributed by atoms with van der Waals surface area (Å²) in [6.45, 7) is 5.50. The third-order valence-corrected chi connectivity index (χ3v) is 2.39. The molecule has 0 aromatic carbocycles. The molecule has 0 aliphatic heterocycles. The fourth-order valence-electron chi connectivity index (χ4n) is 1.66. The van der Waals surface area contributed by atoms with Crippen molar-refractivity contribution >= 4 is 5.97 Å². The summed E-state index contributed by atoms with van der Waals surface area (Å²) < 4.78 is 5.37. The number of hydrogen-bond donors (Lipinski definition) is 0. The number of aromatic nitrogens is 2. The van der Waals surface area contributed by atoms with Gasteiger partial charge in [-0.15, -0.1) is 0 Å². The number of hydrogen-bond acceptors (Lipinski definition) is 4. The third kappa shape index (κ3) is 3.37. The van der Waals surface area contributed by atoms with Gasteiger partial charge in [-0.05, 0) is 44.5 Å². The Hall–Kier alpha value is -2.23. The van der Waals surface area contributed by atoms with E-state index in [1.807, 2.05) is 39.0 Å². The molecule has 2 rings (SSSR count). The Morgan fingerprint density at radius 3 is 2.42 bits per heavy atom. The van der Waals surface area contributed by atoms with Gasteiger partial charge in [-0.25, -0.2) is 9.78 Å². The molecule has 0 N–H and O–H groups in total. The topological polar surface area (TPSA) is 52.1 Å². The molecule has 2 aromatic heterocycles. The fourth-order valence-corrected chi connectivity index (χ4v) is 1.66. The molecule has 2 heterocycles. The first kappa shape index (κ1) is 13.2. The van der Waals surface area contributed by atoms with E-state index in [1.165, 1.54) is 0 Å². The van der Waals surface area contributed by atoms with Crippen LogP contribution in [0.1, 0.15) is 31.3 Å². The first-order chi connectivity index (χ1) is 8.97. The Morgan fingerprint density at radius 1 is 1.11 bits per heavy atom. The first-order valence-electron chi connectivity index (χ1n) is 6.06. The average Bonchev–Trinajstić information content (AvgIpc) is 2.38. The second kappa shape index (κ2) is 5.18. The highest BCUT2D eigenvalue weighted by Crippen LogP contribution is 2.23. The largest absolute Gasteiger partial charge is 0.455 e. The third-order valence-electron chi connectivity index (χ3n) is 2.39. The van der Waals surface area contributed by atoms with Crippen LogP contribution in [0.25, 0.3) is 11.1 Å². The van der Waals surface area contributed by atoms with Gasteiger partial charge < -0.3 is 4.74 Å². The zero-order chi connectivity index (χ0) is 13.9. The smallest absolute Gasteiger partial charge is 0.358 e. The minimum atomic E-state index is -0.538. The average molecular weight is 256 g/mol. The number of carbonyl (C=O) groups excluding carboxylic acids is 1. The Morgan fingerprint density at radius 2 is 1.79 bits per heavy atom. The summed E-state index contributed by atoms with van der Waals surface area (Å²) in [6.07, 6.45) is 4.95. The number of pyridine rings is 2. The molecule has 19 heavy (non-hydrogen) atoms. The summed E-state index contributed by atoms with van der Waals surface area (Å²) in [5, 5.41) is 0. The van der Waals surface area contributed by atoms with Crippen LogP contribution in [0.15, 0.2) is 42.9 Å². The maximum absolute atomic E-state index is 12.2. The van der Waals surface area contributed by atoms with Gasteiger partial charge in [-0.2, -0.15) is 0 Å². The minimum absolute atomic E-state index is 0.323. The summed E-state index contributed by atoms with van der Waals surface area (Å²) in [5.74, 6) is -0.417. The molecule has 98 valence electrons. The van der Waals surface area contributed by atoms with E-state index in [0.717, 1.165) is 11.1 Å². The molecule has 0 aliphatic carbocycles. The summed E-state index contributed by atoms with van der Waals surface area (Å²) in [4.78, 5) is 20.3. The molecule has 0 amide bonds. The first-order valence-corrected chi connectivity index (χ1v) is 6.06. The van der Waals surface area contributed by atoms with Gasteiger partial charge in [-0.3, -0.25) is 4.98 Å². The van der Waals surface area contributed by atoms with E-state index < -0.39 is 11.6 Å². The highest BCUT2D eigenvalue weighted by Gasteiger charge is 2.21. The second-order valence-corrected chi connectivity index (χ2v) is 5.14. The van der Waals surface area contributed by atoms with Gasteiger partial charge in [0.15, 0.2) is 5.69 Å². The van der Waals surface area contributed by atoms with Gasteiger partial charge in [-0.1, -0.05) is 6.07 Å². The molecule has 0 saturated heterocycles. The van der Waals surface area contributed by atoms with E-state index in [0.29, 0.717) is 5.69 Å². The zero-order valence-electron chi connectivity index (χ0n) is 11.3. The predicted molar refractivity (Wildman–Crippen MR) is 72.6 cm³/mol. The monoisotopic (exact) mass is 256 g/mol. The van der Waals surface area contributed by atoms with Crippen LogP contribution in [0.2, 0.25) is 0 Å². The Kier molecular flexibility index (Phi) is 3.60. The van der Waals surface area contributed by atoms with Crippen molar-refractivity contribution < 1.29 is 9.53 Å². The molecule has 0 bridgehead atoms. The summed E-state index contributed by atoms with van der Waals surface area (Å²) >= 11 is 0. The maximum atomic E-state index is 12.2. The molecule has 4 heteroatoms. The molecule has 0 unspecified atom stereocenters. The normalized spacial score (nSPS) is 11.1. The molecule has 4 nitrogen and oxygen atoms in total. The zero-order valence-corrected chi connectivity index (χ0v) is 11.3. The van der Waals surface area contributed by atoms with Crippen LogP contribution < -0.4 is 0 Å². The molecular weight excluding hydrogens is 240 g/mol. The molecule has 0 atom stereocenters. The SMILES string of the molecule is CC(C)(C)OC(=O)c1ncccc1-c1ccncc1. The fraction of sp³-hybridized carbons (Fsp3) is 0.267. The lowest BCUT2D eigenvalue weighted by atomic mass is 10.1. The van der Waals surface area contributed by atoms with Crippen molar-refractivity contribution in [1.29, 1.82) is 0 Å². The van der Waals surface area contributed by atoms with E-state index in [2.05, 4.69) is 9.97 Å². The predicted octanol–water partition coefficient (Wildman–Crippen LogP) is 3.10. The van der Waals surface area contributed by atoms with E-state index in [4.69, 9.17) is 4.74 Å². The second-order valence-electron chi connectivity index (χ2n) is 5.14. The van der Waals surface area contributed by atoms with Crippen LogP contribution in [0.3, 0.4) is 0 Å². The highest BCUT2D eigenvalue weighted by molar-refractivity contribution is 5.95. The number of ether oxygens (including phenoxy) is 1. The van der Waals surface area contributed by atoms with Crippen LogP contribution >= 0.6 is 0 Å². The van der Waals surface area contributed by atoms with E-state index >= 15 is 0 Å². The maximum Gasteiger partial charge on any atom is 0.358 e. The number of nitrogens with zero attached hydrogens (tertiary/aromatic N) is 2. The van der Waals surface area contributed by atoms with Crippen molar-refractivity contribution in [2.24, 2.45) is 0 Å². The van der Waals surface area contributed by atoms with E-state index in [9.17, 15) is 4.79 Å². The summed E-state index contributed by atoms with van der Waals surface area (Å²) in [6, 6.07) is 7.32. The van der Waals surface area contributed by atoms with E-state index in [-0.39, 0.29) is 0 Å². The van der Waals surface area contributed by atoms with Gasteiger partial charge in [0.1, 0.15) is 5.60 Å². The van der Waals surface area contributed by atoms with Crippen molar-refractivity contribution in [3.05, 3.63) is 48.5 Å². The van der Waals surface area contributed by atoms with Crippen LogP contribution in [-0.2, 0) is 4.74 Å². The molecule has 0 spiro atoms. The van der Waals surface area contributed by atoms with Crippen molar-refractivity contribution in [3.63, 3.8) is 0 Å². The van der Waals surface area contributed by atoms with Gasteiger partial charge in [0, 0.05) is 24.2 Å². The van der Waals surface area contributed by atoms with Gasteiger partial charge >= 0.3 is 5.97 Å². The van der Waals surface area contributed by atoms with Crippen LogP contribution in [0.4, 0.5) is 0 Å². The molecule has 0 aliphatic rings. The lowest BCUT2D eigenvalue weighted by Gasteiger charge is -2.20. The van der Waals surface area contributed by atoms with Crippen LogP contribution in [0.5, 0.6) is 0 Å². The van der Waals surface area contributed by atoms with Crippen LogP contribution in [0, 0.1) is 0 Å². The van der Waals surface area contributed by atoms with Gasteiger partial charge in [0.2, 0.25) is 0 Å². The molecule has 0 fully saturated rings. The standard InChI is InChI=1S/C15H16N2O2/c1-15(2,3)19-14(18)13-12(5-4-8-17-13)11-6-9-16-10-7-11/h4-10H,1-3H3. The Balaban J connectivity index is 2.40. The van der Waals surface area contributed by atoms with Gasteiger partial charge in [0.25, 0.3) is 0 Å². The quantitative estimate of drug-likeness (QED) is 0.775. The molecule has 0 saturated carbocycles. The molecule has 2 aromatic rings. The highest BCUT2D eigenvalue weighted by atomic mass is 16.6. The van der Waals surface area contributed by atoms with Crippen LogP contribution in [-0.4, -0.2) is 21.5 Å². The lowest BCUT2D eigenvalue weighted by molar-refractivity contribution is 0.00639. The Labute approximate surface area is 112 Å². The summed E-state index contributed by atoms with van der Waals surface area (Å²) in [7, 11) is 0. The molecular formula is C15H16N2O2. The van der Waals surface area contributed by atoms with Gasteiger partial charge in [0.05, 0.1) is 0 Å². The number of rotatable bonds is 2. The number of esters is 1. The minimum Gasteiger partial charge on any atom is -0.455 e. The summed E-state index contributed by atoms with van der Waals surface area (Å²) in [5.41, 5.74) is 1.43. The Bertz CT molecular complexity index is 574. The van der Waals surface area contributed by atoms with E-state index in [1.54, 1.807) is 24.7 Å². The lowest BCUT2D eigenvalue weighted by Crippen LogP contribution is -2.24. The van der Waals surface area contributed by atoms with Crippen molar-refractivity contribution in [1.82, 2.24) is 9.97 Å². The number of carbonyl (C=O) groups is 1. The molecule has 0 radical (unpaired) electrons. The van der Waals surface area contributed by atoms with Crippen molar-refractivity contribution in [3.8, 4) is 11.1 Å². The van der Waals surface area contributed by atoms with Crippen molar-refractivity contribution in [2.45, 2.75) is 26.4 Å². The van der Waals surface area contributed by atoms with Crippen molar-refractivity contribution in [2.75, 3.05) is 0 Å².